The molecule has 2 aromatic rings. The highest BCUT2D eigenvalue weighted by Crippen LogP contribution is 2.31. The number of benzene rings is 1. The van der Waals surface area contributed by atoms with Crippen molar-refractivity contribution < 1.29 is 14.3 Å². The maximum Gasteiger partial charge on any atom is 0.237 e. The molecule has 0 spiro atoms. The van der Waals surface area contributed by atoms with Gasteiger partial charge in [-0.1, -0.05) is 37.4 Å². The third-order valence-electron chi connectivity index (χ3n) is 5.09. The number of carbonyl (C=O) groups is 1. The fraction of sp³-hybridized carbons (Fsp3) is 0.550. The molecule has 7 nitrogen and oxygen atoms in total. The number of methoxy groups -OCH3 is 2. The monoisotopic (exact) mass is 404 g/mol. The van der Waals surface area contributed by atoms with Crippen molar-refractivity contribution in [1.29, 1.82) is 0 Å². The van der Waals surface area contributed by atoms with Gasteiger partial charge in [0, 0.05) is 12.5 Å². The number of amides is 1. The zero-order chi connectivity index (χ0) is 19.9. The van der Waals surface area contributed by atoms with Crippen LogP contribution in [0.2, 0.25) is 0 Å². The van der Waals surface area contributed by atoms with Crippen LogP contribution < -0.4 is 14.8 Å². The summed E-state index contributed by atoms with van der Waals surface area (Å²) in [7, 11) is 3.15. The summed E-state index contributed by atoms with van der Waals surface area (Å²) < 4.78 is 10.5. The number of H-pyrrole nitrogens is 1. The van der Waals surface area contributed by atoms with Gasteiger partial charge in [-0.15, -0.1) is 5.10 Å². The number of nitrogens with one attached hydrogen (secondary N) is 2. The number of ether oxygens (including phenoxy) is 2. The average Bonchev–Trinajstić information content (AvgIpc) is 3.38. The fourth-order valence-corrected chi connectivity index (χ4v) is 4.18. The smallest absolute Gasteiger partial charge is 0.237 e. The molecule has 1 fully saturated rings. The van der Waals surface area contributed by atoms with Gasteiger partial charge in [-0.3, -0.25) is 9.89 Å². The summed E-state index contributed by atoms with van der Waals surface area (Å²) in [5, 5.41) is 10.4. The molecular formula is C20H28N4O3S. The average molecular weight is 405 g/mol. The second-order valence-electron chi connectivity index (χ2n) is 7.07. The lowest BCUT2D eigenvalue weighted by Crippen LogP contribution is -2.22. The largest absolute Gasteiger partial charge is 0.497 e. The predicted molar refractivity (Wildman–Crippen MR) is 110 cm³/mol. The molecule has 3 rings (SSSR count). The summed E-state index contributed by atoms with van der Waals surface area (Å²) in [6.07, 6.45) is 7.45. The van der Waals surface area contributed by atoms with Gasteiger partial charge in [0.1, 0.15) is 17.3 Å². The van der Waals surface area contributed by atoms with Gasteiger partial charge in [-0.05, 0) is 31.4 Å². The van der Waals surface area contributed by atoms with Crippen LogP contribution in [0.4, 0.5) is 5.69 Å². The van der Waals surface area contributed by atoms with Crippen molar-refractivity contribution in [3.63, 3.8) is 0 Å². The van der Waals surface area contributed by atoms with E-state index in [2.05, 4.69) is 20.5 Å². The van der Waals surface area contributed by atoms with E-state index < -0.39 is 0 Å². The lowest BCUT2D eigenvalue weighted by molar-refractivity contribution is -0.115. The molecule has 8 heteroatoms. The molecule has 152 valence electrons. The van der Waals surface area contributed by atoms with Crippen LogP contribution in [0.5, 0.6) is 11.5 Å². The van der Waals surface area contributed by atoms with Gasteiger partial charge >= 0.3 is 0 Å². The first-order valence-corrected chi connectivity index (χ1v) is 10.6. The number of anilines is 1. The zero-order valence-electron chi connectivity index (χ0n) is 16.7. The van der Waals surface area contributed by atoms with Crippen LogP contribution in [0.3, 0.4) is 0 Å². The molecule has 0 aliphatic heterocycles. The van der Waals surface area contributed by atoms with E-state index >= 15 is 0 Å². The summed E-state index contributed by atoms with van der Waals surface area (Å²) in [5.41, 5.74) is 0.575. The second-order valence-corrected chi connectivity index (χ2v) is 8.38. The molecule has 1 aliphatic rings. The molecule has 0 saturated heterocycles. The number of rotatable bonds is 9. The molecule has 1 amide bonds. The Morgan fingerprint density at radius 3 is 2.82 bits per heavy atom. The van der Waals surface area contributed by atoms with Crippen molar-refractivity contribution in [3.05, 3.63) is 24.0 Å². The number of nitrogens with zero attached hydrogens (tertiary/aromatic N) is 2. The Labute approximate surface area is 170 Å². The third kappa shape index (κ3) is 5.41. The van der Waals surface area contributed by atoms with E-state index in [0.717, 1.165) is 24.6 Å². The van der Waals surface area contributed by atoms with E-state index in [9.17, 15) is 4.79 Å². The standard InChI is InChI=1S/C20H28N4O3S/c1-13(19(25)21-16-12-15(26-2)9-10-17(16)27-3)28-20-22-18(23-24-20)11-8-14-6-4-5-7-14/h9-10,12-14H,4-8,11H2,1-3H3,(H,21,25)(H,22,23,24). The quantitative estimate of drug-likeness (QED) is 0.613. The lowest BCUT2D eigenvalue weighted by atomic mass is 10.0. The number of aromatic nitrogens is 3. The van der Waals surface area contributed by atoms with Crippen molar-refractivity contribution in [1.82, 2.24) is 15.2 Å². The number of thioether (sulfide) groups is 1. The van der Waals surface area contributed by atoms with E-state index in [4.69, 9.17) is 9.47 Å². The Hall–Kier alpha value is -2.22. The second kappa shape index (κ2) is 9.82. The van der Waals surface area contributed by atoms with Gasteiger partial charge in [0.05, 0.1) is 25.2 Å². The summed E-state index contributed by atoms with van der Waals surface area (Å²) in [4.78, 5) is 17.1. The van der Waals surface area contributed by atoms with Gasteiger partial charge < -0.3 is 14.8 Å². The SMILES string of the molecule is COc1ccc(OC)c(NC(=O)C(C)Sc2n[nH]c(CCC3CCCC3)n2)c1. The summed E-state index contributed by atoms with van der Waals surface area (Å²) in [6.45, 7) is 1.83. The van der Waals surface area contributed by atoms with Crippen LogP contribution >= 0.6 is 11.8 Å². The summed E-state index contributed by atoms with van der Waals surface area (Å²) in [5.74, 6) is 2.81. The highest BCUT2D eigenvalue weighted by molar-refractivity contribution is 8.00. The molecule has 1 saturated carbocycles. The van der Waals surface area contributed by atoms with Crippen LogP contribution in [0.15, 0.2) is 23.4 Å². The van der Waals surface area contributed by atoms with E-state index in [0.29, 0.717) is 22.3 Å². The summed E-state index contributed by atoms with van der Waals surface area (Å²) in [6, 6.07) is 5.29. The molecule has 28 heavy (non-hydrogen) atoms. The molecule has 1 aliphatic carbocycles. The number of hydrogen-bond acceptors (Lipinski definition) is 6. The normalized spacial score (nSPS) is 15.4. The van der Waals surface area contributed by atoms with Crippen molar-refractivity contribution in [3.8, 4) is 11.5 Å². The Bertz CT molecular complexity index is 790. The number of hydrogen-bond donors (Lipinski definition) is 2. The Morgan fingerprint density at radius 1 is 1.32 bits per heavy atom. The minimum atomic E-state index is -0.352. The first-order chi connectivity index (χ1) is 13.6. The molecule has 1 unspecified atom stereocenters. The predicted octanol–water partition coefficient (Wildman–Crippen LogP) is 4.06. The molecular weight excluding hydrogens is 376 g/mol. The maximum atomic E-state index is 12.6. The van der Waals surface area contributed by atoms with Crippen LogP contribution in [-0.4, -0.2) is 40.6 Å². The number of aromatic amines is 1. The first kappa shape index (κ1) is 20.5. The molecule has 2 N–H and O–H groups in total. The fourth-order valence-electron chi connectivity index (χ4n) is 3.44. The third-order valence-corrected chi connectivity index (χ3v) is 6.05. The van der Waals surface area contributed by atoms with Gasteiger partial charge in [0.15, 0.2) is 0 Å². The van der Waals surface area contributed by atoms with Gasteiger partial charge in [-0.25, -0.2) is 4.98 Å². The van der Waals surface area contributed by atoms with E-state index in [1.807, 2.05) is 6.92 Å². The first-order valence-electron chi connectivity index (χ1n) is 9.70. The van der Waals surface area contributed by atoms with Crippen molar-refractivity contribution in [2.24, 2.45) is 5.92 Å². The van der Waals surface area contributed by atoms with Crippen molar-refractivity contribution in [2.45, 2.75) is 55.9 Å². The van der Waals surface area contributed by atoms with Gasteiger partial charge in [-0.2, -0.15) is 0 Å². The number of aryl methyl sites for hydroxylation is 1. The van der Waals surface area contributed by atoms with Crippen LogP contribution in [0.1, 0.15) is 44.9 Å². The molecule has 0 bridgehead atoms. The number of carbonyl (C=O) groups excluding carboxylic acids is 1. The van der Waals surface area contributed by atoms with Crippen LogP contribution in [0.25, 0.3) is 0 Å². The van der Waals surface area contributed by atoms with E-state index in [1.54, 1.807) is 32.4 Å². The Balaban J connectivity index is 1.54. The van der Waals surface area contributed by atoms with Crippen molar-refractivity contribution in [2.75, 3.05) is 19.5 Å². The Kier molecular flexibility index (Phi) is 7.19. The molecule has 0 radical (unpaired) electrons. The minimum Gasteiger partial charge on any atom is -0.497 e. The zero-order valence-corrected chi connectivity index (χ0v) is 17.5. The summed E-state index contributed by atoms with van der Waals surface area (Å²) >= 11 is 1.34. The maximum absolute atomic E-state index is 12.6. The van der Waals surface area contributed by atoms with Crippen LogP contribution in [-0.2, 0) is 11.2 Å². The minimum absolute atomic E-state index is 0.145. The molecule has 1 atom stereocenters. The van der Waals surface area contributed by atoms with Gasteiger partial charge in [0.25, 0.3) is 0 Å². The topological polar surface area (TPSA) is 89.1 Å². The van der Waals surface area contributed by atoms with Crippen LogP contribution in [0, 0.1) is 5.92 Å². The van der Waals surface area contributed by atoms with Crippen molar-refractivity contribution >= 4 is 23.4 Å². The lowest BCUT2D eigenvalue weighted by Gasteiger charge is -2.14. The molecule has 1 heterocycles. The van der Waals surface area contributed by atoms with Gasteiger partial charge in [0.2, 0.25) is 11.1 Å². The Morgan fingerprint density at radius 2 is 2.11 bits per heavy atom. The molecule has 1 aromatic heterocycles. The highest BCUT2D eigenvalue weighted by Gasteiger charge is 2.20. The highest BCUT2D eigenvalue weighted by atomic mass is 32.2. The van der Waals surface area contributed by atoms with E-state index in [1.165, 1.54) is 37.4 Å². The molecule has 1 aromatic carbocycles. The van der Waals surface area contributed by atoms with E-state index in [-0.39, 0.29) is 11.2 Å².